The van der Waals surface area contributed by atoms with Gasteiger partial charge in [0.25, 0.3) is 0 Å². The van der Waals surface area contributed by atoms with Crippen LogP contribution < -0.4 is 0 Å². The van der Waals surface area contributed by atoms with Crippen molar-refractivity contribution in [2.45, 2.75) is 13.8 Å². The van der Waals surface area contributed by atoms with Gasteiger partial charge in [0.1, 0.15) is 5.78 Å². The molecule has 0 saturated carbocycles. The quantitative estimate of drug-likeness (QED) is 0.613. The van der Waals surface area contributed by atoms with Gasteiger partial charge in [-0.05, 0) is 7.05 Å². The lowest BCUT2D eigenvalue weighted by Crippen LogP contribution is -2.31. The zero-order valence-corrected chi connectivity index (χ0v) is 8.21. The second-order valence-electron chi connectivity index (χ2n) is 3.89. The number of hydrogen-bond acceptors (Lipinski definition) is 3. The molecule has 70 valence electrons. The number of carbonyl (C=O) groups is 1. The average molecular weight is 170 g/mol. The molecule has 0 unspecified atom stereocenters. The summed E-state index contributed by atoms with van der Waals surface area (Å²) in [5.74, 6) is 0.529. The standard InChI is InChI=1S/C9H18N2O/c1-8(2)9(12)6-11-5-4-10(3)7-11/h8H,4-7H2,1-3H3. The first kappa shape index (κ1) is 9.68. The van der Waals surface area contributed by atoms with Crippen molar-refractivity contribution in [2.24, 2.45) is 5.92 Å². The van der Waals surface area contributed by atoms with Crippen LogP contribution in [0.1, 0.15) is 13.8 Å². The highest BCUT2D eigenvalue weighted by atomic mass is 16.1. The summed E-state index contributed by atoms with van der Waals surface area (Å²) in [4.78, 5) is 15.8. The van der Waals surface area contributed by atoms with Crippen LogP contribution in [0, 0.1) is 5.92 Å². The lowest BCUT2D eigenvalue weighted by Gasteiger charge is -2.15. The van der Waals surface area contributed by atoms with Gasteiger partial charge in [-0.3, -0.25) is 14.6 Å². The largest absolute Gasteiger partial charge is 0.298 e. The maximum Gasteiger partial charge on any atom is 0.149 e. The number of likely N-dealkylation sites (N-methyl/N-ethyl adjacent to an activating group) is 1. The monoisotopic (exact) mass is 170 g/mol. The number of Topliss-reactive ketones (excluding diaryl/α,β-unsaturated/α-hetero) is 1. The van der Waals surface area contributed by atoms with Crippen molar-refractivity contribution in [1.82, 2.24) is 9.80 Å². The smallest absolute Gasteiger partial charge is 0.149 e. The summed E-state index contributed by atoms with van der Waals surface area (Å²) in [6.45, 7) is 7.62. The number of rotatable bonds is 3. The minimum atomic E-state index is 0.177. The number of carbonyl (C=O) groups excluding carboxylic acids is 1. The van der Waals surface area contributed by atoms with E-state index in [1.807, 2.05) is 13.8 Å². The maximum absolute atomic E-state index is 11.3. The van der Waals surface area contributed by atoms with Crippen molar-refractivity contribution in [1.29, 1.82) is 0 Å². The molecule has 0 spiro atoms. The molecule has 12 heavy (non-hydrogen) atoms. The molecule has 0 aromatic rings. The van der Waals surface area contributed by atoms with Crippen LogP contribution in [0.15, 0.2) is 0 Å². The van der Waals surface area contributed by atoms with Crippen LogP contribution in [-0.4, -0.2) is 48.9 Å². The van der Waals surface area contributed by atoms with Crippen LogP contribution >= 0.6 is 0 Å². The van der Waals surface area contributed by atoms with Gasteiger partial charge < -0.3 is 0 Å². The van der Waals surface area contributed by atoms with Crippen LogP contribution in [0.3, 0.4) is 0 Å². The fraction of sp³-hybridized carbons (Fsp3) is 0.889. The lowest BCUT2D eigenvalue weighted by molar-refractivity contribution is -0.122. The second-order valence-corrected chi connectivity index (χ2v) is 3.89. The van der Waals surface area contributed by atoms with Crippen molar-refractivity contribution in [2.75, 3.05) is 33.4 Å². The normalized spacial score (nSPS) is 20.7. The molecule has 0 atom stereocenters. The average Bonchev–Trinajstić information content (AvgIpc) is 2.35. The molecular formula is C9H18N2O. The summed E-state index contributed by atoms with van der Waals surface area (Å²) < 4.78 is 0. The summed E-state index contributed by atoms with van der Waals surface area (Å²) in [6.07, 6.45) is 0. The zero-order valence-electron chi connectivity index (χ0n) is 8.21. The number of nitrogens with zero attached hydrogens (tertiary/aromatic N) is 2. The Kier molecular flexibility index (Phi) is 3.23. The molecule has 1 fully saturated rings. The van der Waals surface area contributed by atoms with E-state index in [9.17, 15) is 4.79 Å². The molecule has 0 N–H and O–H groups in total. The third-order valence-corrected chi connectivity index (χ3v) is 2.26. The van der Waals surface area contributed by atoms with Crippen LogP contribution in [0.5, 0.6) is 0 Å². The molecule has 0 radical (unpaired) electrons. The van der Waals surface area contributed by atoms with Crippen molar-refractivity contribution in [3.05, 3.63) is 0 Å². The third kappa shape index (κ3) is 2.57. The molecule has 0 aromatic heterocycles. The molecule has 0 aliphatic carbocycles. The van der Waals surface area contributed by atoms with Crippen molar-refractivity contribution < 1.29 is 4.79 Å². The zero-order chi connectivity index (χ0) is 9.14. The maximum atomic E-state index is 11.3. The van der Waals surface area contributed by atoms with Gasteiger partial charge >= 0.3 is 0 Å². The predicted molar refractivity (Wildman–Crippen MR) is 48.9 cm³/mol. The van der Waals surface area contributed by atoms with Crippen molar-refractivity contribution in [3.8, 4) is 0 Å². The van der Waals surface area contributed by atoms with Gasteiger partial charge in [0, 0.05) is 19.0 Å². The molecule has 1 heterocycles. The van der Waals surface area contributed by atoms with Crippen molar-refractivity contribution in [3.63, 3.8) is 0 Å². The highest BCUT2D eigenvalue weighted by molar-refractivity contribution is 5.82. The van der Waals surface area contributed by atoms with Crippen LogP contribution in [-0.2, 0) is 4.79 Å². The molecule has 1 aliphatic heterocycles. The first-order valence-electron chi connectivity index (χ1n) is 4.53. The Morgan fingerprint density at radius 1 is 1.42 bits per heavy atom. The molecule has 3 nitrogen and oxygen atoms in total. The van der Waals surface area contributed by atoms with E-state index in [0.29, 0.717) is 12.3 Å². The molecule has 1 saturated heterocycles. The summed E-state index contributed by atoms with van der Waals surface area (Å²) in [5.41, 5.74) is 0. The third-order valence-electron chi connectivity index (χ3n) is 2.26. The Hall–Kier alpha value is -0.410. The van der Waals surface area contributed by atoms with E-state index in [-0.39, 0.29) is 5.92 Å². The minimum Gasteiger partial charge on any atom is -0.298 e. The van der Waals surface area contributed by atoms with Gasteiger partial charge in [-0.15, -0.1) is 0 Å². The molecular weight excluding hydrogens is 152 g/mol. The summed E-state index contributed by atoms with van der Waals surface area (Å²) >= 11 is 0. The summed E-state index contributed by atoms with van der Waals surface area (Å²) in [5, 5.41) is 0. The van der Waals surface area contributed by atoms with Gasteiger partial charge in [-0.2, -0.15) is 0 Å². The van der Waals surface area contributed by atoms with E-state index in [1.165, 1.54) is 0 Å². The first-order valence-corrected chi connectivity index (χ1v) is 4.53. The molecule has 0 aromatic carbocycles. The first-order chi connectivity index (χ1) is 5.59. The lowest BCUT2D eigenvalue weighted by atomic mass is 10.1. The van der Waals surface area contributed by atoms with Gasteiger partial charge in [0.2, 0.25) is 0 Å². The van der Waals surface area contributed by atoms with Crippen LogP contribution in [0.2, 0.25) is 0 Å². The number of ketones is 1. The Bertz CT molecular complexity index is 168. The second kappa shape index (κ2) is 4.01. The molecule has 0 amide bonds. The Morgan fingerprint density at radius 2 is 2.08 bits per heavy atom. The molecule has 1 aliphatic rings. The van der Waals surface area contributed by atoms with E-state index in [4.69, 9.17) is 0 Å². The highest BCUT2D eigenvalue weighted by Gasteiger charge is 2.19. The summed E-state index contributed by atoms with van der Waals surface area (Å²) in [7, 11) is 2.08. The molecule has 1 rings (SSSR count). The summed E-state index contributed by atoms with van der Waals surface area (Å²) in [6, 6.07) is 0. The minimum absolute atomic E-state index is 0.177. The SMILES string of the molecule is CC(C)C(=O)CN1CCN(C)C1. The topological polar surface area (TPSA) is 23.6 Å². The van der Waals surface area contributed by atoms with E-state index < -0.39 is 0 Å². The molecule has 0 bridgehead atoms. The van der Waals surface area contributed by atoms with Gasteiger partial charge in [0.15, 0.2) is 0 Å². The highest BCUT2D eigenvalue weighted by Crippen LogP contribution is 2.04. The van der Waals surface area contributed by atoms with Gasteiger partial charge in [-0.1, -0.05) is 13.8 Å². The van der Waals surface area contributed by atoms with E-state index in [0.717, 1.165) is 19.8 Å². The van der Waals surface area contributed by atoms with Gasteiger partial charge in [-0.25, -0.2) is 0 Å². The Balaban J connectivity index is 2.28. The number of hydrogen-bond donors (Lipinski definition) is 0. The van der Waals surface area contributed by atoms with E-state index in [2.05, 4.69) is 16.8 Å². The molecule has 3 heteroatoms. The van der Waals surface area contributed by atoms with Crippen LogP contribution in [0.25, 0.3) is 0 Å². The van der Waals surface area contributed by atoms with Gasteiger partial charge in [0.05, 0.1) is 13.2 Å². The predicted octanol–water partition coefficient (Wildman–Crippen LogP) is 0.416. The van der Waals surface area contributed by atoms with E-state index >= 15 is 0 Å². The Labute approximate surface area is 74.3 Å². The fourth-order valence-corrected chi connectivity index (χ4v) is 1.33. The van der Waals surface area contributed by atoms with E-state index in [1.54, 1.807) is 0 Å². The van der Waals surface area contributed by atoms with Crippen LogP contribution in [0.4, 0.5) is 0 Å². The van der Waals surface area contributed by atoms with Crippen molar-refractivity contribution >= 4 is 5.78 Å². The Morgan fingerprint density at radius 3 is 2.50 bits per heavy atom. The fourth-order valence-electron chi connectivity index (χ4n) is 1.33.